The van der Waals surface area contributed by atoms with Gasteiger partial charge in [-0.3, -0.25) is 0 Å². The van der Waals surface area contributed by atoms with Crippen LogP contribution in [0, 0.1) is 5.92 Å². The van der Waals surface area contributed by atoms with Gasteiger partial charge in [-0.15, -0.1) is 6.58 Å². The van der Waals surface area contributed by atoms with E-state index in [4.69, 9.17) is 0 Å². The highest BCUT2D eigenvalue weighted by Gasteiger charge is 2.19. The molecular formula is C11H20N2O. The summed E-state index contributed by atoms with van der Waals surface area (Å²) in [5.41, 5.74) is 0. The fraction of sp³-hybridized carbons (Fsp3) is 0.727. The first kappa shape index (κ1) is 11.1. The Labute approximate surface area is 86.2 Å². The third-order valence-corrected chi connectivity index (χ3v) is 2.70. The van der Waals surface area contributed by atoms with Gasteiger partial charge in [0.25, 0.3) is 0 Å². The molecule has 1 saturated heterocycles. The summed E-state index contributed by atoms with van der Waals surface area (Å²) >= 11 is 0. The first-order valence-corrected chi connectivity index (χ1v) is 5.37. The number of nitrogens with zero attached hydrogens (tertiary/aromatic N) is 1. The Kier molecular flexibility index (Phi) is 4.50. The lowest BCUT2D eigenvalue weighted by Gasteiger charge is -2.30. The number of hydrogen-bond donors (Lipinski definition) is 1. The number of piperidine rings is 1. The average Bonchev–Trinajstić information content (AvgIpc) is 2.19. The lowest BCUT2D eigenvalue weighted by Crippen LogP contribution is -2.44. The Hall–Kier alpha value is -0.990. The lowest BCUT2D eigenvalue weighted by atomic mass is 10.00. The van der Waals surface area contributed by atoms with Gasteiger partial charge in [0.15, 0.2) is 0 Å². The smallest absolute Gasteiger partial charge is 0.317 e. The SMILES string of the molecule is C=CCCNC(=O)N1CCC(C)CC1. The van der Waals surface area contributed by atoms with Crippen molar-refractivity contribution in [2.45, 2.75) is 26.2 Å². The Bertz CT molecular complexity index is 195. The van der Waals surface area contributed by atoms with Crippen molar-refractivity contribution in [3.8, 4) is 0 Å². The number of amides is 2. The van der Waals surface area contributed by atoms with Crippen LogP contribution in [0.15, 0.2) is 12.7 Å². The maximum atomic E-state index is 11.6. The van der Waals surface area contributed by atoms with Gasteiger partial charge in [0.05, 0.1) is 0 Å². The molecule has 3 heteroatoms. The topological polar surface area (TPSA) is 32.3 Å². The highest BCUT2D eigenvalue weighted by Crippen LogP contribution is 2.15. The maximum absolute atomic E-state index is 11.6. The molecule has 0 aromatic carbocycles. The van der Waals surface area contributed by atoms with Gasteiger partial charge in [-0.2, -0.15) is 0 Å². The van der Waals surface area contributed by atoms with Gasteiger partial charge < -0.3 is 10.2 Å². The molecule has 1 fully saturated rings. The van der Waals surface area contributed by atoms with Gasteiger partial charge in [0, 0.05) is 19.6 Å². The molecule has 1 N–H and O–H groups in total. The molecule has 0 spiro atoms. The van der Waals surface area contributed by atoms with Gasteiger partial charge in [-0.1, -0.05) is 13.0 Å². The van der Waals surface area contributed by atoms with E-state index in [2.05, 4.69) is 18.8 Å². The maximum Gasteiger partial charge on any atom is 0.317 e. The summed E-state index contributed by atoms with van der Waals surface area (Å²) in [6, 6.07) is 0.0822. The van der Waals surface area contributed by atoms with Crippen molar-refractivity contribution in [3.05, 3.63) is 12.7 Å². The van der Waals surface area contributed by atoms with Crippen LogP contribution in [0.5, 0.6) is 0 Å². The molecule has 1 heterocycles. The van der Waals surface area contributed by atoms with Crippen molar-refractivity contribution in [1.29, 1.82) is 0 Å². The van der Waals surface area contributed by atoms with Crippen molar-refractivity contribution in [2.24, 2.45) is 5.92 Å². The first-order valence-electron chi connectivity index (χ1n) is 5.37. The average molecular weight is 196 g/mol. The second-order valence-electron chi connectivity index (χ2n) is 3.98. The second kappa shape index (κ2) is 5.68. The molecule has 0 saturated carbocycles. The summed E-state index contributed by atoms with van der Waals surface area (Å²) in [4.78, 5) is 13.5. The zero-order valence-corrected chi connectivity index (χ0v) is 8.96. The van der Waals surface area contributed by atoms with Gasteiger partial charge in [0.1, 0.15) is 0 Å². The van der Waals surface area contributed by atoms with Crippen LogP contribution in [0.4, 0.5) is 4.79 Å². The standard InChI is InChI=1S/C11H20N2O/c1-3-4-7-12-11(14)13-8-5-10(2)6-9-13/h3,10H,1,4-9H2,2H3,(H,12,14). The lowest BCUT2D eigenvalue weighted by molar-refractivity contribution is 0.174. The summed E-state index contributed by atoms with van der Waals surface area (Å²) in [5.74, 6) is 0.771. The van der Waals surface area contributed by atoms with Gasteiger partial charge in [-0.05, 0) is 25.2 Å². The normalized spacial score (nSPS) is 17.9. The monoisotopic (exact) mass is 196 g/mol. The molecule has 14 heavy (non-hydrogen) atoms. The fourth-order valence-electron chi connectivity index (χ4n) is 1.60. The third-order valence-electron chi connectivity index (χ3n) is 2.70. The minimum Gasteiger partial charge on any atom is -0.338 e. The zero-order chi connectivity index (χ0) is 10.4. The van der Waals surface area contributed by atoms with Crippen LogP contribution in [-0.2, 0) is 0 Å². The molecule has 0 aliphatic carbocycles. The Morgan fingerprint density at radius 1 is 1.57 bits per heavy atom. The van der Waals surface area contributed by atoms with Gasteiger partial charge in [-0.25, -0.2) is 4.79 Å². The molecular weight excluding hydrogens is 176 g/mol. The summed E-state index contributed by atoms with van der Waals surface area (Å²) in [5, 5.41) is 2.88. The number of urea groups is 1. The molecule has 0 aromatic heterocycles. The van der Waals surface area contributed by atoms with E-state index in [0.717, 1.165) is 38.3 Å². The fourth-order valence-corrected chi connectivity index (χ4v) is 1.60. The Morgan fingerprint density at radius 2 is 2.21 bits per heavy atom. The van der Waals surface area contributed by atoms with Crippen molar-refractivity contribution in [1.82, 2.24) is 10.2 Å². The van der Waals surface area contributed by atoms with Gasteiger partial charge in [0.2, 0.25) is 0 Å². The van der Waals surface area contributed by atoms with E-state index < -0.39 is 0 Å². The van der Waals surface area contributed by atoms with Crippen LogP contribution in [0.3, 0.4) is 0 Å². The number of rotatable bonds is 3. The Balaban J connectivity index is 2.20. The van der Waals surface area contributed by atoms with E-state index in [9.17, 15) is 4.79 Å². The molecule has 0 atom stereocenters. The van der Waals surface area contributed by atoms with Crippen molar-refractivity contribution < 1.29 is 4.79 Å². The number of carbonyl (C=O) groups excluding carboxylic acids is 1. The van der Waals surface area contributed by atoms with Gasteiger partial charge >= 0.3 is 6.03 Å². The van der Waals surface area contributed by atoms with E-state index in [-0.39, 0.29) is 6.03 Å². The number of hydrogen-bond acceptors (Lipinski definition) is 1. The van der Waals surface area contributed by atoms with Crippen LogP contribution in [0.1, 0.15) is 26.2 Å². The first-order chi connectivity index (χ1) is 6.74. The van der Waals surface area contributed by atoms with Crippen LogP contribution in [0.25, 0.3) is 0 Å². The minimum atomic E-state index is 0.0822. The van der Waals surface area contributed by atoms with Crippen molar-refractivity contribution in [2.75, 3.05) is 19.6 Å². The van der Waals surface area contributed by atoms with E-state index in [1.54, 1.807) is 0 Å². The Morgan fingerprint density at radius 3 is 2.79 bits per heavy atom. The van der Waals surface area contributed by atoms with Crippen molar-refractivity contribution >= 4 is 6.03 Å². The number of nitrogens with one attached hydrogen (secondary N) is 1. The molecule has 1 rings (SSSR count). The third kappa shape index (κ3) is 3.40. The number of likely N-dealkylation sites (tertiary alicyclic amines) is 1. The zero-order valence-electron chi connectivity index (χ0n) is 8.96. The van der Waals surface area contributed by atoms with Crippen LogP contribution in [0.2, 0.25) is 0 Å². The quantitative estimate of drug-likeness (QED) is 0.543. The van der Waals surface area contributed by atoms with Crippen LogP contribution in [-0.4, -0.2) is 30.6 Å². The predicted octanol–water partition coefficient (Wildman–Crippen LogP) is 2.00. The van der Waals surface area contributed by atoms with E-state index in [1.165, 1.54) is 0 Å². The highest BCUT2D eigenvalue weighted by atomic mass is 16.2. The van der Waals surface area contributed by atoms with E-state index >= 15 is 0 Å². The molecule has 0 unspecified atom stereocenters. The van der Waals surface area contributed by atoms with Crippen molar-refractivity contribution in [3.63, 3.8) is 0 Å². The molecule has 3 nitrogen and oxygen atoms in total. The number of carbonyl (C=O) groups is 1. The largest absolute Gasteiger partial charge is 0.338 e. The second-order valence-corrected chi connectivity index (χ2v) is 3.98. The molecule has 0 aromatic rings. The molecule has 80 valence electrons. The summed E-state index contributed by atoms with van der Waals surface area (Å²) in [6.07, 6.45) is 4.93. The van der Waals surface area contributed by atoms with E-state index in [1.807, 2.05) is 11.0 Å². The highest BCUT2D eigenvalue weighted by molar-refractivity contribution is 5.74. The molecule has 1 aliphatic heterocycles. The summed E-state index contributed by atoms with van der Waals surface area (Å²) < 4.78 is 0. The minimum absolute atomic E-state index is 0.0822. The molecule has 1 aliphatic rings. The molecule has 0 bridgehead atoms. The summed E-state index contributed by atoms with van der Waals surface area (Å²) in [7, 11) is 0. The molecule has 0 radical (unpaired) electrons. The van der Waals surface area contributed by atoms with E-state index in [0.29, 0.717) is 6.54 Å². The molecule has 2 amide bonds. The van der Waals surface area contributed by atoms with Crippen LogP contribution < -0.4 is 5.32 Å². The predicted molar refractivity (Wildman–Crippen MR) is 58.2 cm³/mol. The van der Waals surface area contributed by atoms with Crippen LogP contribution >= 0.6 is 0 Å². The summed E-state index contributed by atoms with van der Waals surface area (Å²) in [6.45, 7) is 8.37.